The Balaban J connectivity index is 1.32. The standard InChI is InChI=1S/C29H27NO4S/c31-29(25-17-15-24(16-18-25)22-35(32,33)28-13-5-2-6-14-28)30-19-26-11-7-8-12-27(26)21-34-20-23-9-3-1-4-10-23/h1-18H,19-22H2,(H,30,31). The minimum atomic E-state index is -3.44. The molecule has 6 heteroatoms. The van der Waals surface area contributed by atoms with Crippen molar-refractivity contribution in [2.75, 3.05) is 0 Å². The molecule has 4 aromatic carbocycles. The van der Waals surface area contributed by atoms with Gasteiger partial charge in [0.1, 0.15) is 0 Å². The number of hydrogen-bond donors (Lipinski definition) is 1. The average molecular weight is 486 g/mol. The van der Waals surface area contributed by atoms with Crippen molar-refractivity contribution >= 4 is 15.7 Å². The Kier molecular flexibility index (Phi) is 8.08. The van der Waals surface area contributed by atoms with Crippen LogP contribution in [0.3, 0.4) is 0 Å². The van der Waals surface area contributed by atoms with Gasteiger partial charge < -0.3 is 10.1 Å². The van der Waals surface area contributed by atoms with E-state index < -0.39 is 9.84 Å². The molecule has 0 fully saturated rings. The van der Waals surface area contributed by atoms with Crippen LogP contribution in [0.5, 0.6) is 0 Å². The highest BCUT2D eigenvalue weighted by Crippen LogP contribution is 2.17. The molecule has 0 radical (unpaired) electrons. The fourth-order valence-electron chi connectivity index (χ4n) is 3.68. The molecule has 0 heterocycles. The maximum atomic E-state index is 12.7. The van der Waals surface area contributed by atoms with Gasteiger partial charge in [0, 0.05) is 12.1 Å². The largest absolute Gasteiger partial charge is 0.372 e. The lowest BCUT2D eigenvalue weighted by atomic mass is 10.1. The molecule has 0 spiro atoms. The molecule has 1 amide bonds. The molecule has 0 saturated carbocycles. The lowest BCUT2D eigenvalue weighted by Gasteiger charge is -2.12. The maximum Gasteiger partial charge on any atom is 0.251 e. The van der Waals surface area contributed by atoms with Gasteiger partial charge in [-0.1, -0.05) is 84.9 Å². The number of carbonyl (C=O) groups is 1. The molecule has 1 N–H and O–H groups in total. The van der Waals surface area contributed by atoms with Crippen LogP contribution >= 0.6 is 0 Å². The molecule has 0 aromatic heterocycles. The smallest absolute Gasteiger partial charge is 0.251 e. The molecule has 35 heavy (non-hydrogen) atoms. The highest BCUT2D eigenvalue weighted by molar-refractivity contribution is 7.90. The summed E-state index contributed by atoms with van der Waals surface area (Å²) in [5, 5.41) is 2.94. The number of carbonyl (C=O) groups excluding carboxylic acids is 1. The van der Waals surface area contributed by atoms with E-state index in [1.165, 1.54) is 0 Å². The molecule has 0 aliphatic rings. The summed E-state index contributed by atoms with van der Waals surface area (Å²) >= 11 is 0. The average Bonchev–Trinajstić information content (AvgIpc) is 2.89. The van der Waals surface area contributed by atoms with Crippen LogP contribution in [0.4, 0.5) is 0 Å². The summed E-state index contributed by atoms with van der Waals surface area (Å²) < 4.78 is 31.0. The number of rotatable bonds is 10. The van der Waals surface area contributed by atoms with Crippen LogP contribution in [-0.4, -0.2) is 14.3 Å². The Morgan fingerprint density at radius 2 is 1.26 bits per heavy atom. The van der Waals surface area contributed by atoms with Crippen LogP contribution in [0.15, 0.2) is 114 Å². The summed E-state index contributed by atoms with van der Waals surface area (Å²) in [6.07, 6.45) is 0. The third-order valence-corrected chi connectivity index (χ3v) is 7.31. The summed E-state index contributed by atoms with van der Waals surface area (Å²) in [5.74, 6) is -0.336. The van der Waals surface area contributed by atoms with Crippen LogP contribution in [0.25, 0.3) is 0 Å². The van der Waals surface area contributed by atoms with Gasteiger partial charge in [-0.2, -0.15) is 0 Å². The van der Waals surface area contributed by atoms with Crippen molar-refractivity contribution in [3.05, 3.63) is 137 Å². The second kappa shape index (κ2) is 11.6. The van der Waals surface area contributed by atoms with Crippen LogP contribution in [0.1, 0.15) is 32.6 Å². The Bertz CT molecular complexity index is 1350. The first kappa shape index (κ1) is 24.4. The zero-order valence-corrected chi connectivity index (χ0v) is 20.1. The Hall–Kier alpha value is -3.74. The lowest BCUT2D eigenvalue weighted by molar-refractivity contribution is 0.0947. The van der Waals surface area contributed by atoms with Gasteiger partial charge in [-0.05, 0) is 46.5 Å². The van der Waals surface area contributed by atoms with Crippen molar-refractivity contribution < 1.29 is 17.9 Å². The van der Waals surface area contributed by atoms with Crippen molar-refractivity contribution in [3.63, 3.8) is 0 Å². The van der Waals surface area contributed by atoms with Gasteiger partial charge in [0.25, 0.3) is 5.91 Å². The normalized spacial score (nSPS) is 11.2. The SMILES string of the molecule is O=C(NCc1ccccc1COCc1ccccc1)c1ccc(CS(=O)(=O)c2ccccc2)cc1. The molecule has 178 valence electrons. The third kappa shape index (κ3) is 6.88. The topological polar surface area (TPSA) is 72.5 Å². The van der Waals surface area contributed by atoms with E-state index in [0.717, 1.165) is 16.7 Å². The lowest BCUT2D eigenvalue weighted by Crippen LogP contribution is -2.23. The molecule has 5 nitrogen and oxygen atoms in total. The van der Waals surface area contributed by atoms with Gasteiger partial charge in [-0.25, -0.2) is 8.42 Å². The highest BCUT2D eigenvalue weighted by atomic mass is 32.2. The minimum absolute atomic E-state index is 0.116. The van der Waals surface area contributed by atoms with E-state index in [2.05, 4.69) is 5.32 Å². The number of benzene rings is 4. The van der Waals surface area contributed by atoms with Crippen molar-refractivity contribution in [2.24, 2.45) is 0 Å². The first-order valence-electron chi connectivity index (χ1n) is 11.3. The maximum absolute atomic E-state index is 12.7. The Labute approximate surface area is 206 Å². The molecular weight excluding hydrogens is 458 g/mol. The molecule has 4 aromatic rings. The van der Waals surface area contributed by atoms with Crippen molar-refractivity contribution in [1.29, 1.82) is 0 Å². The van der Waals surface area contributed by atoms with Crippen molar-refractivity contribution in [1.82, 2.24) is 5.32 Å². The summed E-state index contributed by atoms with van der Waals surface area (Å²) in [5.41, 5.74) is 4.22. The second-order valence-corrected chi connectivity index (χ2v) is 10.2. The summed E-state index contributed by atoms with van der Waals surface area (Å²) in [6, 6.07) is 32.9. The van der Waals surface area contributed by atoms with E-state index in [-0.39, 0.29) is 16.6 Å². The molecule has 0 saturated heterocycles. The van der Waals surface area contributed by atoms with Crippen molar-refractivity contribution in [2.45, 2.75) is 30.4 Å². The molecular formula is C29H27NO4S. The summed E-state index contributed by atoms with van der Waals surface area (Å²) in [4.78, 5) is 13.0. The first-order valence-corrected chi connectivity index (χ1v) is 13.0. The van der Waals surface area contributed by atoms with E-state index in [1.54, 1.807) is 54.6 Å². The molecule has 0 atom stereocenters. The summed E-state index contributed by atoms with van der Waals surface area (Å²) in [7, 11) is -3.44. The molecule has 0 aliphatic heterocycles. The monoisotopic (exact) mass is 485 g/mol. The number of ether oxygens (including phenoxy) is 1. The number of hydrogen-bond acceptors (Lipinski definition) is 4. The zero-order chi connectivity index (χ0) is 24.5. The molecule has 0 bridgehead atoms. The predicted octanol–water partition coefficient (Wildman–Crippen LogP) is 5.31. The Morgan fingerprint density at radius 1 is 0.657 bits per heavy atom. The van der Waals surface area contributed by atoms with Gasteiger partial charge in [-0.3, -0.25) is 4.79 Å². The van der Waals surface area contributed by atoms with Crippen LogP contribution in [-0.2, 0) is 40.1 Å². The van der Waals surface area contributed by atoms with Gasteiger partial charge in [-0.15, -0.1) is 0 Å². The van der Waals surface area contributed by atoms with E-state index in [1.807, 2.05) is 54.6 Å². The molecule has 0 aliphatic carbocycles. The molecule has 0 unspecified atom stereocenters. The Morgan fingerprint density at radius 3 is 1.94 bits per heavy atom. The van der Waals surface area contributed by atoms with Gasteiger partial charge in [0.05, 0.1) is 23.9 Å². The predicted molar refractivity (Wildman–Crippen MR) is 136 cm³/mol. The first-order chi connectivity index (χ1) is 17.0. The van der Waals surface area contributed by atoms with Crippen LogP contribution < -0.4 is 5.32 Å². The van der Waals surface area contributed by atoms with E-state index >= 15 is 0 Å². The third-order valence-electron chi connectivity index (χ3n) is 5.60. The van der Waals surface area contributed by atoms with Gasteiger partial charge in [0.2, 0.25) is 0 Å². The van der Waals surface area contributed by atoms with E-state index in [0.29, 0.717) is 30.9 Å². The second-order valence-electron chi connectivity index (χ2n) is 8.20. The van der Waals surface area contributed by atoms with Crippen LogP contribution in [0.2, 0.25) is 0 Å². The highest BCUT2D eigenvalue weighted by Gasteiger charge is 2.15. The zero-order valence-electron chi connectivity index (χ0n) is 19.3. The number of amides is 1. The fraction of sp³-hybridized carbons (Fsp3) is 0.138. The van der Waals surface area contributed by atoms with Crippen molar-refractivity contribution in [3.8, 4) is 0 Å². The number of sulfone groups is 1. The number of nitrogens with one attached hydrogen (secondary N) is 1. The summed E-state index contributed by atoms with van der Waals surface area (Å²) in [6.45, 7) is 1.34. The minimum Gasteiger partial charge on any atom is -0.372 e. The van der Waals surface area contributed by atoms with Gasteiger partial charge in [0.15, 0.2) is 9.84 Å². The van der Waals surface area contributed by atoms with Crippen LogP contribution in [0, 0.1) is 0 Å². The molecule has 4 rings (SSSR count). The van der Waals surface area contributed by atoms with Gasteiger partial charge >= 0.3 is 0 Å². The quantitative estimate of drug-likeness (QED) is 0.331. The van der Waals surface area contributed by atoms with E-state index in [9.17, 15) is 13.2 Å². The van der Waals surface area contributed by atoms with E-state index in [4.69, 9.17) is 4.74 Å². The fourth-order valence-corrected chi connectivity index (χ4v) is 5.05.